The zero-order chi connectivity index (χ0) is 17.8. The standard InChI is InChI=1S/C21H30N2O2/c1-15(2)13-18-21(25)23(14-16-9-5-3-6-10-16)19(20(24)22-18)17-11-7-4-8-12-17/h3,5-6,9-10,15,17-19H,4,7-8,11-14H2,1-2H3,(H,22,24). The summed E-state index contributed by atoms with van der Waals surface area (Å²) in [7, 11) is 0. The SMILES string of the molecule is CC(C)CC1NC(=O)C(C2CCCCC2)N(Cc2ccccc2)C1=O. The molecule has 0 bridgehead atoms. The van der Waals surface area contributed by atoms with Crippen LogP contribution in [0.4, 0.5) is 0 Å². The Balaban J connectivity index is 1.85. The van der Waals surface area contributed by atoms with Gasteiger partial charge in [-0.3, -0.25) is 9.59 Å². The number of carbonyl (C=O) groups excluding carboxylic acids is 2. The van der Waals surface area contributed by atoms with Crippen LogP contribution in [-0.4, -0.2) is 28.8 Å². The predicted octanol–water partition coefficient (Wildman–Crippen LogP) is 3.51. The third-order valence-electron chi connectivity index (χ3n) is 5.50. The van der Waals surface area contributed by atoms with E-state index in [1.165, 1.54) is 6.42 Å². The lowest BCUT2D eigenvalue weighted by Gasteiger charge is -2.44. The van der Waals surface area contributed by atoms with Crippen molar-refractivity contribution in [2.75, 3.05) is 0 Å². The number of benzene rings is 1. The summed E-state index contributed by atoms with van der Waals surface area (Å²) in [6.45, 7) is 4.71. The first kappa shape index (κ1) is 18.0. The molecule has 0 spiro atoms. The second-order valence-corrected chi connectivity index (χ2v) is 7.99. The van der Waals surface area contributed by atoms with Crippen LogP contribution in [0.1, 0.15) is 57.9 Å². The molecule has 2 aliphatic rings. The summed E-state index contributed by atoms with van der Waals surface area (Å²) in [6.07, 6.45) is 6.37. The van der Waals surface area contributed by atoms with Gasteiger partial charge in [0.05, 0.1) is 0 Å². The highest BCUT2D eigenvalue weighted by Crippen LogP contribution is 2.32. The van der Waals surface area contributed by atoms with Crippen LogP contribution in [0.15, 0.2) is 30.3 Å². The fourth-order valence-corrected chi connectivity index (χ4v) is 4.30. The molecule has 4 heteroatoms. The number of amides is 2. The van der Waals surface area contributed by atoms with E-state index in [0.29, 0.717) is 24.8 Å². The van der Waals surface area contributed by atoms with Gasteiger partial charge in [0.25, 0.3) is 0 Å². The van der Waals surface area contributed by atoms with Gasteiger partial charge in [0, 0.05) is 6.54 Å². The maximum atomic E-state index is 13.2. The van der Waals surface area contributed by atoms with Gasteiger partial charge in [-0.1, -0.05) is 63.4 Å². The summed E-state index contributed by atoms with van der Waals surface area (Å²) >= 11 is 0. The first-order valence-corrected chi connectivity index (χ1v) is 9.71. The summed E-state index contributed by atoms with van der Waals surface area (Å²) in [5, 5.41) is 3.03. The molecule has 136 valence electrons. The van der Waals surface area contributed by atoms with E-state index in [2.05, 4.69) is 19.2 Å². The Labute approximate surface area is 151 Å². The first-order chi connectivity index (χ1) is 12.1. The molecular weight excluding hydrogens is 312 g/mol. The van der Waals surface area contributed by atoms with E-state index in [4.69, 9.17) is 0 Å². The summed E-state index contributed by atoms with van der Waals surface area (Å²) in [4.78, 5) is 28.0. The van der Waals surface area contributed by atoms with Gasteiger partial charge in [-0.05, 0) is 36.7 Å². The molecular formula is C21H30N2O2. The molecule has 4 nitrogen and oxygen atoms in total. The van der Waals surface area contributed by atoms with E-state index in [-0.39, 0.29) is 23.9 Å². The van der Waals surface area contributed by atoms with Crippen LogP contribution >= 0.6 is 0 Å². The van der Waals surface area contributed by atoms with Crippen molar-refractivity contribution in [2.45, 2.75) is 71.0 Å². The number of nitrogens with one attached hydrogen (secondary N) is 1. The van der Waals surface area contributed by atoms with E-state index in [9.17, 15) is 9.59 Å². The van der Waals surface area contributed by atoms with E-state index >= 15 is 0 Å². The topological polar surface area (TPSA) is 49.4 Å². The van der Waals surface area contributed by atoms with Crippen LogP contribution in [0, 0.1) is 11.8 Å². The second-order valence-electron chi connectivity index (χ2n) is 7.99. The average Bonchev–Trinajstić information content (AvgIpc) is 2.60. The summed E-state index contributed by atoms with van der Waals surface area (Å²) in [5.74, 6) is 0.807. The van der Waals surface area contributed by atoms with Gasteiger partial charge in [0.2, 0.25) is 11.8 Å². The summed E-state index contributed by atoms with van der Waals surface area (Å²) < 4.78 is 0. The smallest absolute Gasteiger partial charge is 0.246 e. The zero-order valence-electron chi connectivity index (χ0n) is 15.4. The van der Waals surface area contributed by atoms with Crippen molar-refractivity contribution in [1.82, 2.24) is 10.2 Å². The number of rotatable bonds is 5. The van der Waals surface area contributed by atoms with Crippen LogP contribution < -0.4 is 5.32 Å². The van der Waals surface area contributed by atoms with Gasteiger partial charge in [-0.25, -0.2) is 0 Å². The normalized spacial score (nSPS) is 25.3. The molecule has 1 aliphatic carbocycles. The zero-order valence-corrected chi connectivity index (χ0v) is 15.4. The largest absolute Gasteiger partial charge is 0.342 e. The Kier molecular flexibility index (Phi) is 5.77. The van der Waals surface area contributed by atoms with Gasteiger partial charge < -0.3 is 10.2 Å². The van der Waals surface area contributed by atoms with Gasteiger partial charge in [-0.2, -0.15) is 0 Å². The highest BCUT2D eigenvalue weighted by Gasteiger charge is 2.44. The number of carbonyl (C=O) groups is 2. The van der Waals surface area contributed by atoms with Crippen LogP contribution in [0.25, 0.3) is 0 Å². The van der Waals surface area contributed by atoms with E-state index in [1.807, 2.05) is 35.2 Å². The Morgan fingerprint density at radius 2 is 1.76 bits per heavy atom. The summed E-state index contributed by atoms with van der Waals surface area (Å²) in [6, 6.07) is 9.35. The van der Waals surface area contributed by atoms with Crippen LogP contribution in [-0.2, 0) is 16.1 Å². The molecule has 0 radical (unpaired) electrons. The van der Waals surface area contributed by atoms with Crippen molar-refractivity contribution in [2.24, 2.45) is 11.8 Å². The Morgan fingerprint density at radius 3 is 2.40 bits per heavy atom. The number of hydrogen-bond donors (Lipinski definition) is 1. The average molecular weight is 342 g/mol. The molecule has 1 aromatic rings. The monoisotopic (exact) mass is 342 g/mol. The van der Waals surface area contributed by atoms with Gasteiger partial charge in [0.15, 0.2) is 0 Å². The van der Waals surface area contributed by atoms with Crippen molar-refractivity contribution in [3.8, 4) is 0 Å². The maximum Gasteiger partial charge on any atom is 0.246 e. The molecule has 2 atom stereocenters. The molecule has 1 saturated carbocycles. The van der Waals surface area contributed by atoms with Crippen LogP contribution in [0.2, 0.25) is 0 Å². The summed E-state index contributed by atoms with van der Waals surface area (Å²) in [5.41, 5.74) is 1.09. The highest BCUT2D eigenvalue weighted by atomic mass is 16.2. The molecule has 1 N–H and O–H groups in total. The maximum absolute atomic E-state index is 13.2. The van der Waals surface area contributed by atoms with Crippen molar-refractivity contribution < 1.29 is 9.59 Å². The molecule has 0 aromatic heterocycles. The first-order valence-electron chi connectivity index (χ1n) is 9.71. The van der Waals surface area contributed by atoms with Gasteiger partial charge >= 0.3 is 0 Å². The minimum atomic E-state index is -0.379. The van der Waals surface area contributed by atoms with Crippen molar-refractivity contribution in [1.29, 1.82) is 0 Å². The molecule has 1 aliphatic heterocycles. The van der Waals surface area contributed by atoms with E-state index in [1.54, 1.807) is 0 Å². The van der Waals surface area contributed by atoms with Gasteiger partial charge in [-0.15, -0.1) is 0 Å². The van der Waals surface area contributed by atoms with Crippen LogP contribution in [0.3, 0.4) is 0 Å². The fraction of sp³-hybridized carbons (Fsp3) is 0.619. The number of hydrogen-bond acceptors (Lipinski definition) is 2. The quantitative estimate of drug-likeness (QED) is 0.890. The third kappa shape index (κ3) is 4.23. The minimum Gasteiger partial charge on any atom is -0.342 e. The molecule has 2 amide bonds. The van der Waals surface area contributed by atoms with E-state index in [0.717, 1.165) is 31.2 Å². The molecule has 3 rings (SSSR count). The molecule has 1 aromatic carbocycles. The second kappa shape index (κ2) is 8.03. The van der Waals surface area contributed by atoms with Crippen molar-refractivity contribution in [3.05, 3.63) is 35.9 Å². The molecule has 1 heterocycles. The van der Waals surface area contributed by atoms with Gasteiger partial charge in [0.1, 0.15) is 12.1 Å². The predicted molar refractivity (Wildman–Crippen MR) is 98.7 cm³/mol. The number of nitrogens with zero attached hydrogens (tertiary/aromatic N) is 1. The molecule has 2 unspecified atom stereocenters. The molecule has 1 saturated heterocycles. The van der Waals surface area contributed by atoms with Crippen molar-refractivity contribution in [3.63, 3.8) is 0 Å². The lowest BCUT2D eigenvalue weighted by molar-refractivity contribution is -0.153. The highest BCUT2D eigenvalue weighted by molar-refractivity contribution is 5.97. The Hall–Kier alpha value is -1.84. The lowest BCUT2D eigenvalue weighted by Crippen LogP contribution is -2.65. The Morgan fingerprint density at radius 1 is 1.08 bits per heavy atom. The lowest BCUT2D eigenvalue weighted by atomic mass is 9.81. The fourth-order valence-electron chi connectivity index (χ4n) is 4.30. The van der Waals surface area contributed by atoms with Crippen molar-refractivity contribution >= 4 is 11.8 Å². The Bertz CT molecular complexity index is 593. The van der Waals surface area contributed by atoms with E-state index < -0.39 is 0 Å². The third-order valence-corrected chi connectivity index (χ3v) is 5.50. The molecule has 2 fully saturated rings. The number of piperazine rings is 1. The van der Waals surface area contributed by atoms with Crippen LogP contribution in [0.5, 0.6) is 0 Å². The molecule has 25 heavy (non-hydrogen) atoms. The minimum absolute atomic E-state index is 0.0491.